The third kappa shape index (κ3) is 3.10. The Morgan fingerprint density at radius 3 is 2.93 bits per heavy atom. The van der Waals surface area contributed by atoms with Gasteiger partial charge < -0.3 is 4.90 Å². The van der Waals surface area contributed by atoms with Gasteiger partial charge in [-0.15, -0.1) is 11.8 Å². The van der Waals surface area contributed by atoms with E-state index in [1.54, 1.807) is 11.0 Å². The lowest BCUT2D eigenvalue weighted by molar-refractivity contribution is -0.426. The molecule has 0 aliphatic carbocycles. The summed E-state index contributed by atoms with van der Waals surface area (Å²) in [5.74, 6) is -0.289. The third-order valence-electron chi connectivity index (χ3n) is 5.20. The highest BCUT2D eigenvalue weighted by molar-refractivity contribution is 8.04. The van der Waals surface area contributed by atoms with Crippen molar-refractivity contribution < 1.29 is 19.0 Å². The van der Waals surface area contributed by atoms with Crippen LogP contribution in [-0.4, -0.2) is 57.9 Å². The highest BCUT2D eigenvalue weighted by Gasteiger charge is 2.49. The van der Waals surface area contributed by atoms with Crippen LogP contribution in [0.4, 0.5) is 10.5 Å². The molecule has 0 spiro atoms. The van der Waals surface area contributed by atoms with E-state index in [2.05, 4.69) is 0 Å². The Labute approximate surface area is 162 Å². The third-order valence-corrected chi connectivity index (χ3v) is 6.21. The molecular weight excluding hydrogens is 362 g/mol. The fourth-order valence-electron chi connectivity index (χ4n) is 3.75. The zero-order valence-corrected chi connectivity index (χ0v) is 16.1. The van der Waals surface area contributed by atoms with E-state index >= 15 is 0 Å². The largest absolute Gasteiger partial charge is 0.501 e. The number of hydrogen-bond acceptors (Lipinski definition) is 4. The second-order valence-electron chi connectivity index (χ2n) is 6.88. The molecule has 3 aliphatic rings. The summed E-state index contributed by atoms with van der Waals surface area (Å²) >= 11 is 1.40. The molecule has 0 saturated heterocycles. The van der Waals surface area contributed by atoms with E-state index in [0.29, 0.717) is 18.8 Å². The number of carbonyl (C=O) groups excluding carboxylic acids is 3. The highest BCUT2D eigenvalue weighted by Crippen LogP contribution is 2.30. The van der Waals surface area contributed by atoms with Crippen molar-refractivity contribution in [2.75, 3.05) is 24.5 Å². The van der Waals surface area contributed by atoms with E-state index in [1.165, 1.54) is 21.2 Å². The molecule has 140 valence electrons. The Bertz CT molecular complexity index is 877. The molecule has 4 amide bonds. The van der Waals surface area contributed by atoms with Gasteiger partial charge in [-0.05, 0) is 36.0 Å². The average molecular weight is 384 g/mol. The van der Waals surface area contributed by atoms with E-state index in [9.17, 15) is 14.4 Å². The first-order chi connectivity index (χ1) is 13.1. The predicted octanol–water partition coefficient (Wildman–Crippen LogP) is 2.42. The van der Waals surface area contributed by atoms with Gasteiger partial charge in [-0.2, -0.15) is 14.3 Å². The lowest BCUT2D eigenvalue weighted by Gasteiger charge is -2.25. The molecule has 7 heteroatoms. The van der Waals surface area contributed by atoms with Crippen LogP contribution in [0.1, 0.15) is 25.3 Å². The number of para-hydroxylation sites is 1. The van der Waals surface area contributed by atoms with E-state index in [4.69, 9.17) is 0 Å². The van der Waals surface area contributed by atoms with Crippen LogP contribution in [0, 0.1) is 0 Å². The quantitative estimate of drug-likeness (QED) is 0.732. The number of allylic oxidation sites excluding steroid dienone is 1. The fraction of sp³-hybridized carbons (Fsp3) is 0.400. The minimum absolute atomic E-state index is 0.0419. The number of rotatable bonds is 5. The van der Waals surface area contributed by atoms with Crippen LogP contribution >= 0.6 is 11.8 Å². The number of anilines is 1. The number of unbranched alkanes of at least 4 members (excludes halogenated alkanes) is 1. The average Bonchev–Trinajstić information content (AvgIpc) is 3.32. The van der Waals surface area contributed by atoms with Crippen LogP contribution in [0.2, 0.25) is 0 Å². The molecule has 0 saturated carbocycles. The Hall–Kier alpha value is -2.41. The molecule has 27 heavy (non-hydrogen) atoms. The molecule has 0 N–H and O–H groups in total. The zero-order valence-electron chi connectivity index (χ0n) is 15.3. The summed E-state index contributed by atoms with van der Waals surface area (Å²) in [7, 11) is 0. The topological polar surface area (TPSA) is 60.7 Å². The first-order valence-electron chi connectivity index (χ1n) is 9.32. The van der Waals surface area contributed by atoms with Crippen LogP contribution in [0.5, 0.6) is 0 Å². The van der Waals surface area contributed by atoms with Gasteiger partial charge in [-0.1, -0.05) is 31.5 Å². The number of hydrogen-bond donors (Lipinski definition) is 0. The summed E-state index contributed by atoms with van der Waals surface area (Å²) in [6, 6.07) is 7.48. The predicted molar refractivity (Wildman–Crippen MR) is 105 cm³/mol. The maximum absolute atomic E-state index is 13.0. The monoisotopic (exact) mass is 384 g/mol. The molecule has 1 unspecified atom stereocenters. The maximum Gasteiger partial charge on any atom is 0.501 e. The maximum atomic E-state index is 13.0. The summed E-state index contributed by atoms with van der Waals surface area (Å²) in [5.41, 5.74) is 2.70. The van der Waals surface area contributed by atoms with E-state index in [0.717, 1.165) is 30.5 Å². The van der Waals surface area contributed by atoms with E-state index in [-0.39, 0.29) is 24.4 Å². The smallest absolute Gasteiger partial charge is 0.308 e. The molecule has 3 heterocycles. The summed E-state index contributed by atoms with van der Waals surface area (Å²) in [6.45, 7) is 3.01. The molecule has 1 aromatic rings. The molecule has 0 aromatic heterocycles. The number of benzene rings is 1. The Kier molecular flexibility index (Phi) is 4.86. The molecule has 3 aliphatic heterocycles. The fourth-order valence-corrected chi connectivity index (χ4v) is 4.72. The van der Waals surface area contributed by atoms with Crippen LogP contribution in [0.25, 0.3) is 0 Å². The van der Waals surface area contributed by atoms with Crippen molar-refractivity contribution in [1.29, 1.82) is 0 Å². The second-order valence-corrected chi connectivity index (χ2v) is 7.90. The molecule has 0 fully saturated rings. The first kappa shape index (κ1) is 18.0. The minimum atomic E-state index is -0.418. The van der Waals surface area contributed by atoms with Gasteiger partial charge in [0.05, 0.1) is 6.54 Å². The Morgan fingerprint density at radius 1 is 1.30 bits per heavy atom. The van der Waals surface area contributed by atoms with E-state index < -0.39 is 5.25 Å². The van der Waals surface area contributed by atoms with Crippen molar-refractivity contribution in [3.8, 4) is 0 Å². The van der Waals surface area contributed by atoms with Crippen molar-refractivity contribution in [2.45, 2.75) is 31.4 Å². The van der Waals surface area contributed by atoms with Gasteiger partial charge in [-0.3, -0.25) is 4.79 Å². The number of amides is 4. The molecule has 0 radical (unpaired) electrons. The number of carbonyl (C=O) groups is 3. The first-order valence-corrected chi connectivity index (χ1v) is 10.3. The number of thioether (sulfide) groups is 1. The molecule has 4 rings (SSSR count). The lowest BCUT2D eigenvalue weighted by Crippen LogP contribution is -2.57. The standard InChI is InChI=1S/C20H22N3O3S/c1-2-3-10-22-19(25)18-16(9-12-27-18)23(20(22)26)13-17(24)21-11-8-14-6-4-5-7-15(14)21/h4-7,9,12,18H,2-3,8,10-11,13H2,1H3/q+1. The van der Waals surface area contributed by atoms with Crippen molar-refractivity contribution in [1.82, 2.24) is 4.90 Å². The number of imide groups is 1. The minimum Gasteiger partial charge on any atom is -0.308 e. The van der Waals surface area contributed by atoms with Crippen LogP contribution < -0.4 is 4.90 Å². The van der Waals surface area contributed by atoms with Crippen LogP contribution in [-0.2, 0) is 16.0 Å². The normalized spacial score (nSPS) is 21.1. The lowest BCUT2D eigenvalue weighted by atomic mass is 10.1. The molecular formula is C20H22N3O3S+. The molecule has 6 nitrogen and oxygen atoms in total. The molecule has 0 bridgehead atoms. The summed E-state index contributed by atoms with van der Waals surface area (Å²) in [4.78, 5) is 41.7. The second kappa shape index (κ2) is 7.31. The zero-order chi connectivity index (χ0) is 19.0. The number of fused-ring (bicyclic) bond motifs is 2. The van der Waals surface area contributed by atoms with Gasteiger partial charge >= 0.3 is 11.9 Å². The SMILES string of the molecule is CCCCN1C(=O)C2SC=CC2=[N+](CC(=O)N2CCc3ccccc32)C1=O. The van der Waals surface area contributed by atoms with Crippen molar-refractivity contribution in [3.05, 3.63) is 41.3 Å². The van der Waals surface area contributed by atoms with Gasteiger partial charge in [0, 0.05) is 12.2 Å². The van der Waals surface area contributed by atoms with Crippen LogP contribution in [0.15, 0.2) is 35.7 Å². The number of urea groups is 1. The van der Waals surface area contributed by atoms with Crippen molar-refractivity contribution in [2.24, 2.45) is 0 Å². The number of nitrogens with zero attached hydrogens (tertiary/aromatic N) is 3. The summed E-state index contributed by atoms with van der Waals surface area (Å²) < 4.78 is 1.49. The van der Waals surface area contributed by atoms with Crippen LogP contribution in [0.3, 0.4) is 0 Å². The summed E-state index contributed by atoms with van der Waals surface area (Å²) in [6.07, 6.45) is 4.27. The Morgan fingerprint density at radius 2 is 2.11 bits per heavy atom. The van der Waals surface area contributed by atoms with Gasteiger partial charge in [0.1, 0.15) is 5.71 Å². The van der Waals surface area contributed by atoms with Gasteiger partial charge in [0.25, 0.3) is 5.91 Å². The molecule has 1 atom stereocenters. The van der Waals surface area contributed by atoms with Gasteiger partial charge in [0.2, 0.25) is 0 Å². The summed E-state index contributed by atoms with van der Waals surface area (Å²) in [5, 5.41) is 1.41. The van der Waals surface area contributed by atoms with Gasteiger partial charge in [-0.25, -0.2) is 4.79 Å². The van der Waals surface area contributed by atoms with Crippen molar-refractivity contribution >= 4 is 41.0 Å². The highest BCUT2D eigenvalue weighted by atomic mass is 32.2. The van der Waals surface area contributed by atoms with Gasteiger partial charge in [0.15, 0.2) is 11.8 Å². The van der Waals surface area contributed by atoms with E-state index in [1.807, 2.05) is 36.6 Å². The molecule has 1 aromatic carbocycles. The Balaban J connectivity index is 1.61. The van der Waals surface area contributed by atoms with Crippen molar-refractivity contribution in [3.63, 3.8) is 0 Å².